The number of hydrogen-bond donors (Lipinski definition) is 5. The maximum Gasteiger partial charge on any atom is 0.0653 e. The average Bonchev–Trinajstić information content (AvgIpc) is 2.80. The molecule has 0 rings (SSSR count). The first-order valence-corrected chi connectivity index (χ1v) is 10.9. The first kappa shape index (κ1) is 43.5. The molecule has 0 aromatic rings. The molecule has 9 heteroatoms. The topological polar surface area (TPSA) is 129 Å². The Hall–Kier alpha value is -0.360. The van der Waals surface area contributed by atoms with Crippen LogP contribution in [0.1, 0.15) is 47.0 Å². The first-order chi connectivity index (χ1) is 14.4. The van der Waals surface area contributed by atoms with Gasteiger partial charge in [-0.15, -0.1) is 0 Å². The van der Waals surface area contributed by atoms with Crippen molar-refractivity contribution in [1.29, 1.82) is 0 Å². The highest BCUT2D eigenvalue weighted by Crippen LogP contribution is 1.80. The van der Waals surface area contributed by atoms with Crippen LogP contribution in [0.5, 0.6) is 0 Å². The Labute approximate surface area is 189 Å². The van der Waals surface area contributed by atoms with Crippen LogP contribution in [0.3, 0.4) is 0 Å². The third-order valence-corrected chi connectivity index (χ3v) is 3.05. The van der Waals surface area contributed by atoms with Crippen molar-refractivity contribution in [3.05, 3.63) is 0 Å². The van der Waals surface area contributed by atoms with Crippen molar-refractivity contribution in [2.45, 2.75) is 47.0 Å². The van der Waals surface area contributed by atoms with Gasteiger partial charge in [0.15, 0.2) is 0 Å². The molecular weight excluding hydrogens is 386 g/mol. The average molecular weight is 446 g/mol. The van der Waals surface area contributed by atoms with E-state index in [2.05, 4.69) is 57.2 Å². The predicted molar refractivity (Wildman–Crippen MR) is 133 cm³/mol. The Kier molecular flexibility index (Phi) is 82.3. The number of nitrogens with one attached hydrogen (secondary N) is 1. The van der Waals surface area contributed by atoms with Crippen LogP contribution in [0.25, 0.3) is 0 Å². The lowest BCUT2D eigenvalue weighted by Crippen LogP contribution is -2.21. The van der Waals surface area contributed by atoms with Gasteiger partial charge in [0.2, 0.25) is 0 Å². The highest BCUT2D eigenvalue weighted by atomic mass is 16.6. The first-order valence-electron chi connectivity index (χ1n) is 10.9. The Morgan fingerprint density at radius 1 is 0.833 bits per heavy atom. The van der Waals surface area contributed by atoms with E-state index in [0.29, 0.717) is 0 Å². The maximum absolute atomic E-state index is 7.00. The molecular formula is C21H59N5O4. The summed E-state index contributed by atoms with van der Waals surface area (Å²) in [6, 6.07) is 0. The number of aliphatic hydroxyl groups is 2. The Morgan fingerprint density at radius 3 is 1.50 bits per heavy atom. The molecule has 7 N–H and O–H groups in total. The molecule has 0 aromatic carbocycles. The third-order valence-electron chi connectivity index (χ3n) is 3.05. The van der Waals surface area contributed by atoms with Gasteiger partial charge in [-0.1, -0.05) is 20.8 Å². The molecule has 0 unspecified atom stereocenters. The number of rotatable bonds is 12. The fourth-order valence-corrected chi connectivity index (χ4v) is 1.09. The van der Waals surface area contributed by atoms with Gasteiger partial charge in [0, 0.05) is 34.5 Å². The van der Waals surface area contributed by atoms with Gasteiger partial charge in [0.1, 0.15) is 0 Å². The van der Waals surface area contributed by atoms with E-state index < -0.39 is 0 Å². The zero-order valence-electron chi connectivity index (χ0n) is 22.0. The molecule has 0 saturated carbocycles. The molecule has 0 aliphatic rings. The van der Waals surface area contributed by atoms with Gasteiger partial charge in [0.05, 0.1) is 6.61 Å². The van der Waals surface area contributed by atoms with Crippen LogP contribution >= 0.6 is 0 Å². The smallest absolute Gasteiger partial charge is 0.0653 e. The lowest BCUT2D eigenvalue weighted by molar-refractivity contribution is 0.0494. The molecule has 0 fully saturated rings. The number of hydrogen-bond acceptors (Lipinski definition) is 9. The quantitative estimate of drug-likeness (QED) is 0.220. The minimum Gasteiger partial charge on any atom is -0.400 e. The van der Waals surface area contributed by atoms with E-state index in [-0.39, 0.29) is 0 Å². The molecule has 0 aromatic heterocycles. The predicted octanol–water partition coefficient (Wildman–Crippen LogP) is 0.991. The lowest BCUT2D eigenvalue weighted by atomic mass is 10.4. The summed E-state index contributed by atoms with van der Waals surface area (Å²) in [7, 11) is 9.93. The largest absolute Gasteiger partial charge is 0.400 e. The molecule has 0 atom stereocenters. The Balaban J connectivity index is -0.0000000632. The normalized spacial score (nSPS) is 8.80. The van der Waals surface area contributed by atoms with Crippen molar-refractivity contribution in [2.75, 3.05) is 95.0 Å². The van der Waals surface area contributed by atoms with Crippen LogP contribution in [0.2, 0.25) is 0 Å². The highest BCUT2D eigenvalue weighted by Gasteiger charge is 1.88. The number of nitrogens with two attached hydrogens (primary N) is 2. The van der Waals surface area contributed by atoms with Gasteiger partial charge in [-0.3, -0.25) is 0 Å². The molecule has 0 heterocycles. The second-order valence-electron chi connectivity index (χ2n) is 5.90. The van der Waals surface area contributed by atoms with Gasteiger partial charge >= 0.3 is 0 Å². The highest BCUT2D eigenvalue weighted by molar-refractivity contribution is 4.43. The molecule has 0 saturated heterocycles. The SMILES string of the molecule is CCCN.CCN(C)CC.CCONCCCN(C)C.CO.CO.COCCCN. The summed E-state index contributed by atoms with van der Waals surface area (Å²) in [6.45, 7) is 15.8. The molecule has 9 nitrogen and oxygen atoms in total. The van der Waals surface area contributed by atoms with Gasteiger partial charge in [0.25, 0.3) is 0 Å². The van der Waals surface area contributed by atoms with E-state index in [9.17, 15) is 0 Å². The summed E-state index contributed by atoms with van der Waals surface area (Å²) in [6.07, 6.45) is 3.20. The number of hydroxylamine groups is 1. The van der Waals surface area contributed by atoms with E-state index in [4.69, 9.17) is 31.3 Å². The zero-order chi connectivity index (χ0) is 25.1. The number of aliphatic hydroxyl groups excluding tert-OH is 2. The summed E-state index contributed by atoms with van der Waals surface area (Å²) in [5, 5.41) is 14.0. The lowest BCUT2D eigenvalue weighted by Gasteiger charge is -2.08. The molecule has 0 radical (unpaired) electrons. The second-order valence-corrected chi connectivity index (χ2v) is 5.90. The fourth-order valence-electron chi connectivity index (χ4n) is 1.09. The van der Waals surface area contributed by atoms with E-state index in [0.717, 1.165) is 86.0 Å². The number of nitrogens with zero attached hydrogens (tertiary/aromatic N) is 2. The monoisotopic (exact) mass is 445 g/mol. The summed E-state index contributed by atoms with van der Waals surface area (Å²) >= 11 is 0. The van der Waals surface area contributed by atoms with Crippen LogP contribution in [0, 0.1) is 0 Å². The molecule has 192 valence electrons. The summed E-state index contributed by atoms with van der Waals surface area (Å²) in [5.74, 6) is 0. The van der Waals surface area contributed by atoms with Crippen LogP contribution in [0.15, 0.2) is 0 Å². The van der Waals surface area contributed by atoms with Crippen LogP contribution in [-0.2, 0) is 9.57 Å². The van der Waals surface area contributed by atoms with Crippen molar-refractivity contribution >= 4 is 0 Å². The molecule has 0 spiro atoms. The van der Waals surface area contributed by atoms with E-state index in [1.54, 1.807) is 7.11 Å². The maximum atomic E-state index is 7.00. The minimum absolute atomic E-state index is 0.730. The van der Waals surface area contributed by atoms with Gasteiger partial charge in [-0.2, -0.15) is 0 Å². The molecule has 30 heavy (non-hydrogen) atoms. The summed E-state index contributed by atoms with van der Waals surface area (Å²) in [4.78, 5) is 9.36. The van der Waals surface area contributed by atoms with Gasteiger partial charge in [-0.05, 0) is 80.1 Å². The van der Waals surface area contributed by atoms with Gasteiger partial charge < -0.3 is 41.1 Å². The van der Waals surface area contributed by atoms with Crippen molar-refractivity contribution in [1.82, 2.24) is 15.3 Å². The van der Waals surface area contributed by atoms with Crippen molar-refractivity contribution in [3.63, 3.8) is 0 Å². The molecule has 0 aliphatic carbocycles. The van der Waals surface area contributed by atoms with Gasteiger partial charge in [-0.25, -0.2) is 5.48 Å². The molecule has 0 amide bonds. The molecule has 0 aliphatic heterocycles. The van der Waals surface area contributed by atoms with Crippen molar-refractivity contribution in [2.24, 2.45) is 11.5 Å². The van der Waals surface area contributed by atoms with E-state index in [1.807, 2.05) is 6.92 Å². The molecule has 0 bridgehead atoms. The van der Waals surface area contributed by atoms with E-state index >= 15 is 0 Å². The summed E-state index contributed by atoms with van der Waals surface area (Å²) in [5.41, 5.74) is 13.0. The van der Waals surface area contributed by atoms with E-state index in [1.165, 1.54) is 0 Å². The third kappa shape index (κ3) is 91.5. The summed E-state index contributed by atoms with van der Waals surface area (Å²) < 4.78 is 4.70. The van der Waals surface area contributed by atoms with Crippen molar-refractivity contribution in [3.8, 4) is 0 Å². The Bertz CT molecular complexity index is 196. The fraction of sp³-hybridized carbons (Fsp3) is 1.00. The number of methoxy groups -OCH3 is 1. The second kappa shape index (κ2) is 56.7. The van der Waals surface area contributed by atoms with Crippen LogP contribution in [-0.4, -0.2) is 115 Å². The van der Waals surface area contributed by atoms with Crippen molar-refractivity contribution < 1.29 is 19.8 Å². The standard InChI is InChI=1S/C7H18N2O.C5H13N.C4H11NO.C3H9N.2CH4O/c1-4-10-8-6-5-7-9(2)3;1-4-6(3)5-2;1-6-4-2-3-5;1-2-3-4;2*1-2/h8H,4-7H2,1-3H3;4-5H2,1-3H3;2-5H2,1H3;2-4H2,1H3;2*2H,1H3. The Morgan fingerprint density at radius 2 is 1.30 bits per heavy atom. The van der Waals surface area contributed by atoms with Crippen LogP contribution in [0.4, 0.5) is 0 Å². The number of ether oxygens (including phenoxy) is 1. The minimum atomic E-state index is 0.730. The van der Waals surface area contributed by atoms with Crippen LogP contribution < -0.4 is 16.9 Å². The zero-order valence-corrected chi connectivity index (χ0v) is 22.0.